The minimum Gasteiger partial charge on any atom is -0.310 e. The molecule has 0 aromatic heterocycles. The van der Waals surface area contributed by atoms with E-state index >= 15 is 0 Å². The maximum Gasteiger partial charge on any atom is 0.0468 e. The van der Waals surface area contributed by atoms with Crippen molar-refractivity contribution in [2.75, 3.05) is 4.90 Å². The molecule has 0 saturated heterocycles. The number of fused-ring (bicyclic) bond motifs is 6. The lowest BCUT2D eigenvalue weighted by molar-refractivity contribution is 1.28. The van der Waals surface area contributed by atoms with E-state index in [0.29, 0.717) is 0 Å². The van der Waals surface area contributed by atoms with Crippen molar-refractivity contribution in [3.63, 3.8) is 0 Å². The van der Waals surface area contributed by atoms with Crippen LogP contribution in [0.2, 0.25) is 0 Å². The van der Waals surface area contributed by atoms with Crippen LogP contribution < -0.4 is 4.90 Å². The number of benzene rings is 6. The summed E-state index contributed by atoms with van der Waals surface area (Å²) in [6, 6.07) is 54.8. The van der Waals surface area contributed by atoms with Gasteiger partial charge >= 0.3 is 0 Å². The summed E-state index contributed by atoms with van der Waals surface area (Å²) in [7, 11) is 0. The van der Waals surface area contributed by atoms with Crippen molar-refractivity contribution in [2.45, 2.75) is 0 Å². The average Bonchev–Trinajstić information content (AvgIpc) is 3.50. The van der Waals surface area contributed by atoms with Gasteiger partial charge < -0.3 is 4.90 Å². The molecule has 2 aliphatic rings. The van der Waals surface area contributed by atoms with E-state index in [1.807, 2.05) is 0 Å². The third-order valence-electron chi connectivity index (χ3n) is 7.98. The minimum atomic E-state index is 1.14. The highest BCUT2D eigenvalue weighted by Crippen LogP contribution is 2.54. The Morgan fingerprint density at radius 3 is 1.08 bits per heavy atom. The molecule has 0 amide bonds. The van der Waals surface area contributed by atoms with Gasteiger partial charge in [-0.1, -0.05) is 115 Å². The normalized spacial score (nSPS) is 12.5. The van der Waals surface area contributed by atoms with Gasteiger partial charge in [-0.15, -0.1) is 0 Å². The molecule has 0 atom stereocenters. The molecule has 0 saturated carbocycles. The van der Waals surface area contributed by atoms with Gasteiger partial charge in [0.1, 0.15) is 0 Å². The highest BCUT2D eigenvalue weighted by Gasteiger charge is 2.32. The van der Waals surface area contributed by atoms with Crippen molar-refractivity contribution < 1.29 is 0 Å². The molecule has 8 rings (SSSR count). The lowest BCUT2D eigenvalue weighted by Gasteiger charge is -2.26. The third-order valence-corrected chi connectivity index (χ3v) is 7.98. The molecule has 0 N–H and O–H groups in total. The molecule has 0 unspecified atom stereocenters. The molecule has 0 fully saturated rings. The SMILES string of the molecule is c1ccc(N(c2ccccc2)c2ccc3c(c2)C(=C2c4ccccc4-c4ccccc42)c2ccccc2-3)cc1. The molecular weight excluding hydrogens is 470 g/mol. The van der Waals surface area contributed by atoms with Crippen LogP contribution in [0.15, 0.2) is 152 Å². The summed E-state index contributed by atoms with van der Waals surface area (Å²) in [6.45, 7) is 0. The Labute approximate surface area is 229 Å². The van der Waals surface area contributed by atoms with Crippen molar-refractivity contribution >= 4 is 28.2 Å². The quantitative estimate of drug-likeness (QED) is 0.236. The Morgan fingerprint density at radius 2 is 0.615 bits per heavy atom. The first-order valence-corrected chi connectivity index (χ1v) is 13.5. The highest BCUT2D eigenvalue weighted by atomic mass is 15.1. The Balaban J connectivity index is 1.43. The van der Waals surface area contributed by atoms with E-state index in [1.54, 1.807) is 0 Å². The molecule has 2 aliphatic carbocycles. The van der Waals surface area contributed by atoms with Gasteiger partial charge in [-0.3, -0.25) is 0 Å². The Hall–Kier alpha value is -5.14. The second kappa shape index (κ2) is 8.72. The Kier molecular flexibility index (Phi) is 4.89. The summed E-state index contributed by atoms with van der Waals surface area (Å²) in [5.41, 5.74) is 16.5. The van der Waals surface area contributed by atoms with Crippen LogP contribution in [0, 0.1) is 0 Å². The van der Waals surface area contributed by atoms with Crippen LogP contribution in [0.1, 0.15) is 22.3 Å². The minimum absolute atomic E-state index is 1.14. The van der Waals surface area contributed by atoms with Gasteiger partial charge in [0.2, 0.25) is 0 Å². The first-order valence-electron chi connectivity index (χ1n) is 13.5. The van der Waals surface area contributed by atoms with Gasteiger partial charge in [0.25, 0.3) is 0 Å². The van der Waals surface area contributed by atoms with Crippen molar-refractivity contribution in [3.05, 3.63) is 174 Å². The predicted octanol–water partition coefficient (Wildman–Crippen LogP) is 10.1. The Bertz CT molecular complexity index is 1810. The lowest BCUT2D eigenvalue weighted by atomic mass is 9.91. The summed E-state index contributed by atoms with van der Waals surface area (Å²) in [5, 5.41) is 0. The average molecular weight is 496 g/mol. The van der Waals surface area contributed by atoms with Crippen molar-refractivity contribution in [1.29, 1.82) is 0 Å². The number of rotatable bonds is 3. The second-order valence-electron chi connectivity index (χ2n) is 10.1. The van der Waals surface area contributed by atoms with E-state index in [0.717, 1.165) is 17.1 Å². The smallest absolute Gasteiger partial charge is 0.0468 e. The summed E-state index contributed by atoms with van der Waals surface area (Å²) in [5.74, 6) is 0. The zero-order valence-corrected chi connectivity index (χ0v) is 21.4. The summed E-state index contributed by atoms with van der Waals surface area (Å²) < 4.78 is 0. The van der Waals surface area contributed by atoms with Crippen molar-refractivity contribution in [3.8, 4) is 22.3 Å². The van der Waals surface area contributed by atoms with Crippen LogP contribution in [0.3, 0.4) is 0 Å². The van der Waals surface area contributed by atoms with Crippen LogP contribution in [-0.2, 0) is 0 Å². The van der Waals surface area contributed by atoms with E-state index in [-0.39, 0.29) is 0 Å². The molecular formula is C38H25N. The molecule has 182 valence electrons. The Morgan fingerprint density at radius 1 is 0.256 bits per heavy atom. The summed E-state index contributed by atoms with van der Waals surface area (Å²) in [6.07, 6.45) is 0. The maximum absolute atomic E-state index is 2.39. The summed E-state index contributed by atoms with van der Waals surface area (Å²) in [4.78, 5) is 2.35. The van der Waals surface area contributed by atoms with Crippen LogP contribution in [-0.4, -0.2) is 0 Å². The molecule has 6 aromatic rings. The fourth-order valence-corrected chi connectivity index (χ4v) is 6.35. The van der Waals surface area contributed by atoms with Crippen molar-refractivity contribution in [2.24, 2.45) is 0 Å². The topological polar surface area (TPSA) is 3.24 Å². The molecule has 0 spiro atoms. The molecule has 0 radical (unpaired) electrons. The maximum atomic E-state index is 2.39. The van der Waals surface area contributed by atoms with Gasteiger partial charge in [0.05, 0.1) is 0 Å². The fraction of sp³-hybridized carbons (Fsp3) is 0. The zero-order valence-electron chi connectivity index (χ0n) is 21.4. The van der Waals surface area contributed by atoms with Crippen LogP contribution in [0.5, 0.6) is 0 Å². The van der Waals surface area contributed by atoms with Crippen LogP contribution >= 0.6 is 0 Å². The van der Waals surface area contributed by atoms with Crippen LogP contribution in [0.25, 0.3) is 33.4 Å². The fourth-order valence-electron chi connectivity index (χ4n) is 6.35. The number of anilines is 3. The van der Waals surface area contributed by atoms with Gasteiger partial charge in [0.15, 0.2) is 0 Å². The summed E-state index contributed by atoms with van der Waals surface area (Å²) >= 11 is 0. The third kappa shape index (κ3) is 3.34. The van der Waals surface area contributed by atoms with Gasteiger partial charge in [0, 0.05) is 17.1 Å². The molecule has 39 heavy (non-hydrogen) atoms. The van der Waals surface area contributed by atoms with E-state index < -0.39 is 0 Å². The standard InChI is InChI=1S/C38H25N/c1-3-13-26(14-4-1)39(27-15-5-2-6-16-27)28-23-24-32-31-19-9-12-22-35(31)38(36(32)25-28)37-33-20-10-7-17-29(33)30-18-8-11-21-34(30)37/h1-25H. The number of hydrogen-bond acceptors (Lipinski definition) is 1. The molecule has 0 heterocycles. The van der Waals surface area contributed by atoms with Gasteiger partial charge in [-0.2, -0.15) is 0 Å². The van der Waals surface area contributed by atoms with E-state index in [9.17, 15) is 0 Å². The van der Waals surface area contributed by atoms with Crippen LogP contribution in [0.4, 0.5) is 17.1 Å². The van der Waals surface area contributed by atoms with Crippen molar-refractivity contribution in [1.82, 2.24) is 0 Å². The molecule has 1 heteroatoms. The van der Waals surface area contributed by atoms with E-state index in [2.05, 4.69) is 157 Å². The van der Waals surface area contributed by atoms with E-state index in [1.165, 1.54) is 55.7 Å². The molecule has 0 aliphatic heterocycles. The van der Waals surface area contributed by atoms with Gasteiger partial charge in [-0.25, -0.2) is 0 Å². The lowest BCUT2D eigenvalue weighted by Crippen LogP contribution is -2.10. The first kappa shape index (κ1) is 21.9. The number of para-hydroxylation sites is 2. The molecule has 1 nitrogen and oxygen atoms in total. The number of nitrogens with zero attached hydrogens (tertiary/aromatic N) is 1. The largest absolute Gasteiger partial charge is 0.310 e. The van der Waals surface area contributed by atoms with Gasteiger partial charge in [-0.05, 0) is 92.1 Å². The highest BCUT2D eigenvalue weighted by molar-refractivity contribution is 6.19. The van der Waals surface area contributed by atoms with E-state index in [4.69, 9.17) is 0 Å². The first-order chi connectivity index (χ1) is 19.4. The monoisotopic (exact) mass is 495 g/mol. The molecule has 0 bridgehead atoms. The zero-order chi connectivity index (χ0) is 25.8. The second-order valence-corrected chi connectivity index (χ2v) is 10.1. The number of hydrogen-bond donors (Lipinski definition) is 0. The molecule has 6 aromatic carbocycles. The predicted molar refractivity (Wildman–Crippen MR) is 163 cm³/mol.